The van der Waals surface area contributed by atoms with Crippen LogP contribution in [-0.4, -0.2) is 53.9 Å². The van der Waals surface area contributed by atoms with Crippen molar-refractivity contribution in [2.24, 2.45) is 0 Å². The van der Waals surface area contributed by atoms with Gasteiger partial charge in [-0.2, -0.15) is 9.97 Å². The zero-order valence-electron chi connectivity index (χ0n) is 19.5. The van der Waals surface area contributed by atoms with Crippen molar-refractivity contribution < 1.29 is 19.2 Å². The molecule has 13 heteroatoms. The van der Waals surface area contributed by atoms with Gasteiger partial charge in [-0.15, -0.1) is 12.4 Å². The lowest BCUT2D eigenvalue weighted by Gasteiger charge is -2.19. The summed E-state index contributed by atoms with van der Waals surface area (Å²) in [6.45, 7) is -0.181. The molecule has 0 amide bonds. The molecule has 36 heavy (non-hydrogen) atoms. The number of nitrogens with two attached hydrogens (primary N) is 1. The Labute approximate surface area is 218 Å². The van der Waals surface area contributed by atoms with E-state index >= 15 is 0 Å². The van der Waals surface area contributed by atoms with Crippen molar-refractivity contribution >= 4 is 59.1 Å². The predicted octanol–water partition coefficient (Wildman–Crippen LogP) is 3.59. The molecule has 0 saturated carbocycles. The van der Waals surface area contributed by atoms with Gasteiger partial charge in [0, 0.05) is 18.5 Å². The monoisotopic (exact) mass is 532 g/mol. The molecule has 0 aliphatic rings. The smallest absolute Gasteiger partial charge is 0.343 e. The second kappa shape index (κ2) is 13.3. The van der Waals surface area contributed by atoms with Gasteiger partial charge in [-0.3, -0.25) is 14.9 Å². The van der Waals surface area contributed by atoms with Gasteiger partial charge in [-0.1, -0.05) is 42.1 Å². The second-order valence-electron chi connectivity index (χ2n) is 7.40. The van der Waals surface area contributed by atoms with Crippen LogP contribution in [0, 0.1) is 10.1 Å². The first-order chi connectivity index (χ1) is 16.8. The van der Waals surface area contributed by atoms with Crippen LogP contribution in [0.25, 0.3) is 0 Å². The number of esters is 1. The number of hydrogen-bond acceptors (Lipinski definition) is 11. The second-order valence-corrected chi connectivity index (χ2v) is 8.37. The van der Waals surface area contributed by atoms with E-state index in [9.17, 15) is 19.7 Å². The minimum atomic E-state index is -0.589. The number of carbonyl (C=O) groups excluding carboxylic acids is 2. The van der Waals surface area contributed by atoms with Crippen molar-refractivity contribution in [3.8, 4) is 0 Å². The van der Waals surface area contributed by atoms with E-state index in [1.54, 1.807) is 36.2 Å². The fourth-order valence-corrected chi connectivity index (χ4v) is 4.09. The summed E-state index contributed by atoms with van der Waals surface area (Å²) in [6, 6.07) is 16.0. The number of aromatic nitrogens is 2. The zero-order chi connectivity index (χ0) is 25.4. The number of methoxy groups -OCH3 is 1. The number of likely N-dealkylation sites (N-methyl/N-ethyl adjacent to an activating group) is 1. The summed E-state index contributed by atoms with van der Waals surface area (Å²) in [5.41, 5.74) is 7.52. The fourth-order valence-electron chi connectivity index (χ4n) is 3.13. The minimum absolute atomic E-state index is 0. The van der Waals surface area contributed by atoms with Crippen LogP contribution in [0.4, 0.5) is 23.1 Å². The molecule has 3 aromatic rings. The summed E-state index contributed by atoms with van der Waals surface area (Å²) in [5, 5.41) is 14.6. The van der Waals surface area contributed by atoms with E-state index in [-0.39, 0.29) is 53.8 Å². The van der Waals surface area contributed by atoms with Gasteiger partial charge in [-0.05, 0) is 29.8 Å². The highest BCUT2D eigenvalue weighted by Crippen LogP contribution is 2.35. The summed E-state index contributed by atoms with van der Waals surface area (Å²) in [4.78, 5) is 45.0. The van der Waals surface area contributed by atoms with Gasteiger partial charge in [0.25, 0.3) is 0 Å². The summed E-state index contributed by atoms with van der Waals surface area (Å²) < 4.78 is 4.67. The highest BCUT2D eigenvalue weighted by Gasteiger charge is 2.25. The van der Waals surface area contributed by atoms with E-state index in [1.807, 2.05) is 30.3 Å². The number of ketones is 1. The van der Waals surface area contributed by atoms with Crippen molar-refractivity contribution in [2.75, 3.05) is 43.2 Å². The van der Waals surface area contributed by atoms with Crippen LogP contribution in [0.3, 0.4) is 0 Å². The summed E-state index contributed by atoms with van der Waals surface area (Å²) >= 11 is 1.16. The van der Waals surface area contributed by atoms with Gasteiger partial charge < -0.3 is 20.7 Å². The Morgan fingerprint density at radius 3 is 2.42 bits per heavy atom. The van der Waals surface area contributed by atoms with Gasteiger partial charge in [0.2, 0.25) is 11.8 Å². The van der Waals surface area contributed by atoms with Crippen LogP contribution in [0.1, 0.15) is 15.9 Å². The number of Topliss-reactive ketones (excluding diaryl/α,β-unsaturated/α-hetero) is 1. The number of hydrogen-bond donors (Lipinski definition) is 2. The highest BCUT2D eigenvalue weighted by molar-refractivity contribution is 7.98. The molecule has 0 unspecified atom stereocenters. The summed E-state index contributed by atoms with van der Waals surface area (Å²) in [5.74, 6) is -0.489. The van der Waals surface area contributed by atoms with Crippen molar-refractivity contribution in [1.29, 1.82) is 0 Å². The number of rotatable bonds is 11. The summed E-state index contributed by atoms with van der Waals surface area (Å²) in [7, 11) is 3.02. The predicted molar refractivity (Wildman–Crippen MR) is 141 cm³/mol. The van der Waals surface area contributed by atoms with Crippen LogP contribution in [0.2, 0.25) is 0 Å². The maximum Gasteiger partial charge on any atom is 0.343 e. The lowest BCUT2D eigenvalue weighted by molar-refractivity contribution is -0.387. The number of nitrogens with zero attached hydrogens (tertiary/aromatic N) is 4. The first-order valence-electron chi connectivity index (χ1n) is 10.4. The lowest BCUT2D eigenvalue weighted by atomic mass is 10.2. The van der Waals surface area contributed by atoms with Crippen molar-refractivity contribution in [3.05, 3.63) is 75.8 Å². The quantitative estimate of drug-likeness (QED) is 0.122. The molecule has 11 nitrogen and oxygen atoms in total. The van der Waals surface area contributed by atoms with E-state index in [2.05, 4.69) is 20.0 Å². The molecular weight excluding hydrogens is 508 g/mol. The van der Waals surface area contributed by atoms with Crippen LogP contribution >= 0.6 is 24.2 Å². The average molecular weight is 533 g/mol. The molecule has 3 rings (SSSR count). The minimum Gasteiger partial charge on any atom is -0.465 e. The topological polar surface area (TPSA) is 154 Å². The third-order valence-electron chi connectivity index (χ3n) is 4.87. The Bertz CT molecular complexity index is 1210. The Hall–Kier alpha value is -3.90. The number of thioether (sulfide) groups is 1. The molecule has 0 radical (unpaired) electrons. The Balaban J connectivity index is 0.00000456. The first kappa shape index (κ1) is 28.3. The van der Waals surface area contributed by atoms with Crippen LogP contribution in [0.15, 0.2) is 59.6 Å². The SMILES string of the molecule is COC(=O)c1ccc(N(C)CC(=O)CNc2nc(N)nc(SCc3ccccc3)c2[N+](=O)[O-])cc1.Cl. The molecule has 2 aromatic carbocycles. The fraction of sp³-hybridized carbons (Fsp3) is 0.217. The Morgan fingerprint density at radius 2 is 1.81 bits per heavy atom. The molecule has 0 aliphatic carbocycles. The molecule has 0 bridgehead atoms. The number of halogens is 1. The van der Waals surface area contributed by atoms with Crippen molar-refractivity contribution in [2.45, 2.75) is 10.8 Å². The third-order valence-corrected chi connectivity index (χ3v) is 5.90. The number of carbonyl (C=O) groups is 2. The molecule has 0 saturated heterocycles. The lowest BCUT2D eigenvalue weighted by Crippen LogP contribution is -2.30. The van der Waals surface area contributed by atoms with Crippen molar-refractivity contribution in [3.63, 3.8) is 0 Å². The molecule has 1 aromatic heterocycles. The number of nitro groups is 1. The molecule has 190 valence electrons. The molecular formula is C23H25ClN6O5S. The normalized spacial score (nSPS) is 10.2. The van der Waals surface area contributed by atoms with Gasteiger partial charge in [0.1, 0.15) is 0 Å². The number of benzene rings is 2. The van der Waals surface area contributed by atoms with Gasteiger partial charge in [0.15, 0.2) is 10.8 Å². The van der Waals surface area contributed by atoms with E-state index in [0.717, 1.165) is 17.3 Å². The summed E-state index contributed by atoms with van der Waals surface area (Å²) in [6.07, 6.45) is 0. The standard InChI is InChI=1S/C23H24N6O5S.ClH/c1-28(17-10-8-16(9-11-17)22(31)34-2)13-18(30)12-25-20-19(29(32)33)21(27-23(24)26-20)35-14-15-6-4-3-5-7-15;/h3-11H,12-14H2,1-2H3,(H3,24,25,26,27);1H. The average Bonchev–Trinajstić information content (AvgIpc) is 2.85. The highest BCUT2D eigenvalue weighted by atomic mass is 35.5. The number of nitrogen functional groups attached to an aromatic ring is 1. The van der Waals surface area contributed by atoms with E-state index < -0.39 is 10.9 Å². The maximum absolute atomic E-state index is 12.6. The third kappa shape index (κ3) is 7.55. The van der Waals surface area contributed by atoms with Gasteiger partial charge >= 0.3 is 11.7 Å². The Kier molecular flexibility index (Phi) is 10.4. The molecule has 0 atom stereocenters. The molecule has 0 spiro atoms. The zero-order valence-corrected chi connectivity index (χ0v) is 21.2. The van der Waals surface area contributed by atoms with Crippen LogP contribution in [-0.2, 0) is 15.3 Å². The van der Waals surface area contributed by atoms with E-state index in [4.69, 9.17) is 5.73 Å². The van der Waals surface area contributed by atoms with Crippen LogP contribution in [0.5, 0.6) is 0 Å². The van der Waals surface area contributed by atoms with E-state index in [0.29, 0.717) is 17.0 Å². The first-order valence-corrected chi connectivity index (χ1v) is 11.4. The molecule has 0 fully saturated rings. The largest absolute Gasteiger partial charge is 0.465 e. The molecule has 3 N–H and O–H groups in total. The number of ether oxygens (including phenoxy) is 1. The number of anilines is 3. The molecule has 1 heterocycles. The van der Waals surface area contributed by atoms with Gasteiger partial charge in [0.05, 0.1) is 30.7 Å². The number of nitrogens with one attached hydrogen (secondary N) is 1. The van der Waals surface area contributed by atoms with Gasteiger partial charge in [-0.25, -0.2) is 4.79 Å². The molecule has 0 aliphatic heterocycles. The Morgan fingerprint density at radius 1 is 1.14 bits per heavy atom. The van der Waals surface area contributed by atoms with E-state index in [1.165, 1.54) is 7.11 Å². The maximum atomic E-state index is 12.6. The van der Waals surface area contributed by atoms with Crippen LogP contribution < -0.4 is 16.0 Å². The van der Waals surface area contributed by atoms with Crippen molar-refractivity contribution in [1.82, 2.24) is 9.97 Å².